The Morgan fingerprint density at radius 2 is 2.21 bits per heavy atom. The van der Waals surface area contributed by atoms with Gasteiger partial charge in [-0.1, -0.05) is 6.92 Å². The summed E-state index contributed by atoms with van der Waals surface area (Å²) in [6.07, 6.45) is 2.00. The second kappa shape index (κ2) is 7.68. The fourth-order valence-corrected chi connectivity index (χ4v) is 4.36. The Bertz CT molecular complexity index is 502. The highest BCUT2D eigenvalue weighted by atomic mass is 79.9. The fourth-order valence-electron chi connectivity index (χ4n) is 1.52. The van der Waals surface area contributed by atoms with Crippen LogP contribution in [0.15, 0.2) is 20.0 Å². The summed E-state index contributed by atoms with van der Waals surface area (Å²) in [5.41, 5.74) is 0. The van der Waals surface area contributed by atoms with Gasteiger partial charge in [-0.15, -0.1) is 0 Å². The molecule has 0 saturated heterocycles. The molecule has 1 heterocycles. The van der Waals surface area contributed by atoms with Crippen LogP contribution in [0, 0.1) is 5.92 Å². The number of furan rings is 1. The Morgan fingerprint density at radius 1 is 1.53 bits per heavy atom. The quantitative estimate of drug-likeness (QED) is 0.732. The van der Waals surface area contributed by atoms with Crippen molar-refractivity contribution in [2.75, 3.05) is 25.6 Å². The van der Waals surface area contributed by atoms with Crippen molar-refractivity contribution in [2.24, 2.45) is 5.92 Å². The first kappa shape index (κ1) is 17.0. The molecule has 1 aromatic rings. The van der Waals surface area contributed by atoms with Crippen LogP contribution < -0.4 is 10.0 Å². The van der Waals surface area contributed by atoms with Gasteiger partial charge in [0.1, 0.15) is 10.7 Å². The van der Waals surface area contributed by atoms with Gasteiger partial charge < -0.3 is 9.73 Å². The molecule has 1 aromatic heterocycles. The van der Waals surface area contributed by atoms with E-state index >= 15 is 0 Å². The molecule has 0 fully saturated rings. The van der Waals surface area contributed by atoms with Crippen LogP contribution in [0.2, 0.25) is 0 Å². The summed E-state index contributed by atoms with van der Waals surface area (Å²) in [7, 11) is -1.76. The molecule has 0 aromatic carbocycles. The van der Waals surface area contributed by atoms with E-state index in [0.717, 1.165) is 5.75 Å². The minimum Gasteiger partial charge on any atom is -0.452 e. The van der Waals surface area contributed by atoms with Crippen molar-refractivity contribution in [1.29, 1.82) is 0 Å². The lowest BCUT2D eigenvalue weighted by molar-refractivity contribution is 0.470. The number of hydrogen-bond acceptors (Lipinski definition) is 5. The molecule has 8 heteroatoms. The van der Waals surface area contributed by atoms with Crippen LogP contribution in [0.25, 0.3) is 0 Å². The first-order chi connectivity index (χ1) is 8.90. The maximum absolute atomic E-state index is 12.2. The van der Waals surface area contributed by atoms with Gasteiger partial charge in [0.2, 0.25) is 10.0 Å². The van der Waals surface area contributed by atoms with E-state index in [1.54, 1.807) is 18.8 Å². The van der Waals surface area contributed by atoms with Crippen LogP contribution in [0.3, 0.4) is 0 Å². The normalized spacial score (nSPS) is 13.7. The molecule has 1 unspecified atom stereocenters. The molecule has 0 radical (unpaired) electrons. The van der Waals surface area contributed by atoms with Crippen molar-refractivity contribution in [3.63, 3.8) is 0 Å². The maximum Gasteiger partial charge on any atom is 0.244 e. The van der Waals surface area contributed by atoms with Gasteiger partial charge in [-0.2, -0.15) is 11.8 Å². The maximum atomic E-state index is 12.2. The molecule has 0 aliphatic heterocycles. The Hall–Kier alpha value is -0.0200. The van der Waals surface area contributed by atoms with Crippen LogP contribution in [-0.4, -0.2) is 34.0 Å². The zero-order valence-corrected chi connectivity index (χ0v) is 14.4. The van der Waals surface area contributed by atoms with Crippen molar-refractivity contribution in [1.82, 2.24) is 10.0 Å². The Morgan fingerprint density at radius 3 is 2.79 bits per heavy atom. The van der Waals surface area contributed by atoms with Gasteiger partial charge in [0, 0.05) is 12.6 Å². The molecule has 110 valence electrons. The fraction of sp³-hybridized carbons (Fsp3) is 0.636. The van der Waals surface area contributed by atoms with Crippen molar-refractivity contribution in [2.45, 2.75) is 18.4 Å². The average Bonchev–Trinajstić information content (AvgIpc) is 2.70. The van der Waals surface area contributed by atoms with Crippen molar-refractivity contribution in [3.05, 3.63) is 16.5 Å². The molecule has 0 spiro atoms. The van der Waals surface area contributed by atoms with Crippen LogP contribution in [0.1, 0.15) is 12.7 Å². The second-order valence-corrected chi connectivity index (χ2v) is 7.66. The van der Waals surface area contributed by atoms with Gasteiger partial charge in [-0.05, 0) is 40.9 Å². The molecule has 19 heavy (non-hydrogen) atoms. The van der Waals surface area contributed by atoms with Crippen molar-refractivity contribution in [3.8, 4) is 0 Å². The van der Waals surface area contributed by atoms with Gasteiger partial charge >= 0.3 is 0 Å². The second-order valence-electron chi connectivity index (χ2n) is 4.29. The van der Waals surface area contributed by atoms with E-state index in [1.807, 2.05) is 13.2 Å². The van der Waals surface area contributed by atoms with Crippen LogP contribution >= 0.6 is 27.7 Å². The summed E-state index contributed by atoms with van der Waals surface area (Å²) in [4.78, 5) is 0.147. The number of hydrogen-bond donors (Lipinski definition) is 2. The molecule has 0 aliphatic carbocycles. The van der Waals surface area contributed by atoms with E-state index in [0.29, 0.717) is 18.8 Å². The van der Waals surface area contributed by atoms with E-state index in [4.69, 9.17) is 4.42 Å². The summed E-state index contributed by atoms with van der Waals surface area (Å²) >= 11 is 4.84. The number of sulfonamides is 1. The third-order valence-electron chi connectivity index (χ3n) is 2.42. The van der Waals surface area contributed by atoms with Gasteiger partial charge in [-0.3, -0.25) is 0 Å². The van der Waals surface area contributed by atoms with Gasteiger partial charge in [0.05, 0.1) is 6.54 Å². The van der Waals surface area contributed by atoms with Gasteiger partial charge in [0.15, 0.2) is 4.67 Å². The predicted octanol–water partition coefficient (Wildman–Crippen LogP) is 2.04. The highest BCUT2D eigenvalue weighted by Gasteiger charge is 2.22. The molecule has 0 aliphatic rings. The number of thioether (sulfide) groups is 1. The molecule has 1 atom stereocenters. The molecule has 1 rings (SSSR count). The zero-order chi connectivity index (χ0) is 14.5. The Labute approximate surface area is 127 Å². The molecular weight excluding hydrogens is 352 g/mol. The molecular formula is C11H19BrN2O3S2. The predicted molar refractivity (Wildman–Crippen MR) is 81.9 cm³/mol. The SMILES string of the molecule is CNCc1cc(S(=O)(=O)NCC(C)CSC)c(Br)o1. The van der Waals surface area contributed by atoms with Crippen LogP contribution in [0.5, 0.6) is 0 Å². The summed E-state index contributed by atoms with van der Waals surface area (Å²) in [6.45, 7) is 2.91. The monoisotopic (exact) mass is 370 g/mol. The highest BCUT2D eigenvalue weighted by molar-refractivity contribution is 9.10. The van der Waals surface area contributed by atoms with E-state index < -0.39 is 10.0 Å². The zero-order valence-electron chi connectivity index (χ0n) is 11.2. The van der Waals surface area contributed by atoms with Crippen molar-refractivity contribution >= 4 is 37.7 Å². The lowest BCUT2D eigenvalue weighted by atomic mass is 10.2. The number of rotatable bonds is 8. The van der Waals surface area contributed by atoms with E-state index in [9.17, 15) is 8.42 Å². The summed E-state index contributed by atoms with van der Waals surface area (Å²) in [5, 5.41) is 2.91. The average molecular weight is 371 g/mol. The highest BCUT2D eigenvalue weighted by Crippen LogP contribution is 2.26. The van der Waals surface area contributed by atoms with Gasteiger partial charge in [-0.25, -0.2) is 13.1 Å². The van der Waals surface area contributed by atoms with E-state index in [2.05, 4.69) is 26.0 Å². The third kappa shape index (κ3) is 5.11. The lowest BCUT2D eigenvalue weighted by Gasteiger charge is -2.10. The molecule has 2 N–H and O–H groups in total. The number of halogens is 1. The van der Waals surface area contributed by atoms with Crippen LogP contribution in [0.4, 0.5) is 0 Å². The summed E-state index contributed by atoms with van der Waals surface area (Å²) in [5.74, 6) is 1.78. The third-order valence-corrected chi connectivity index (χ3v) is 5.60. The first-order valence-electron chi connectivity index (χ1n) is 5.82. The minimum atomic E-state index is -3.53. The largest absolute Gasteiger partial charge is 0.452 e. The van der Waals surface area contributed by atoms with Crippen molar-refractivity contribution < 1.29 is 12.8 Å². The molecule has 5 nitrogen and oxygen atoms in total. The standard InChI is InChI=1S/C11H19BrN2O3S2/c1-8(7-18-3)5-14-19(15,16)10-4-9(6-13-2)17-11(10)12/h4,8,13-14H,5-7H2,1-3H3. The van der Waals surface area contributed by atoms with Gasteiger partial charge in [0.25, 0.3) is 0 Å². The van der Waals surface area contributed by atoms with E-state index in [1.165, 1.54) is 6.07 Å². The lowest BCUT2D eigenvalue weighted by Crippen LogP contribution is -2.29. The minimum absolute atomic E-state index is 0.147. The number of nitrogens with one attached hydrogen (secondary N) is 2. The Kier molecular flexibility index (Phi) is 6.89. The van der Waals surface area contributed by atoms with E-state index in [-0.39, 0.29) is 15.5 Å². The molecule has 0 saturated carbocycles. The summed E-state index contributed by atoms with van der Waals surface area (Å²) < 4.78 is 32.5. The first-order valence-corrected chi connectivity index (χ1v) is 9.49. The topological polar surface area (TPSA) is 71.3 Å². The molecule has 0 amide bonds. The Balaban J connectivity index is 2.76. The van der Waals surface area contributed by atoms with Crippen LogP contribution in [-0.2, 0) is 16.6 Å². The molecule has 0 bridgehead atoms. The smallest absolute Gasteiger partial charge is 0.244 e. The summed E-state index contributed by atoms with van der Waals surface area (Å²) in [6, 6.07) is 1.53.